The number of hydrogen-bond donors (Lipinski definition) is 1. The molecule has 0 aliphatic carbocycles. The lowest BCUT2D eigenvalue weighted by Gasteiger charge is -2.35. The molecule has 0 radical (unpaired) electrons. The zero-order valence-electron chi connectivity index (χ0n) is 12.9. The molecule has 1 aliphatic heterocycles. The smallest absolute Gasteiger partial charge is 0.305 e. The number of aromatic nitrogens is 1. The van der Waals surface area contributed by atoms with E-state index in [0.29, 0.717) is 17.9 Å². The lowest BCUT2D eigenvalue weighted by Crippen LogP contribution is -2.47. The van der Waals surface area contributed by atoms with Crippen molar-refractivity contribution in [3.8, 4) is 0 Å². The van der Waals surface area contributed by atoms with E-state index in [9.17, 15) is 9.59 Å². The van der Waals surface area contributed by atoms with Crippen molar-refractivity contribution in [3.05, 3.63) is 41.6 Å². The molecule has 1 amide bonds. The molecule has 1 N–H and O–H groups in total. The first-order valence-corrected chi connectivity index (χ1v) is 8.68. The number of pyridine rings is 1. The number of para-hydroxylation sites is 1. The van der Waals surface area contributed by atoms with Crippen molar-refractivity contribution in [2.75, 3.05) is 18.1 Å². The van der Waals surface area contributed by atoms with Gasteiger partial charge >= 0.3 is 5.97 Å². The minimum Gasteiger partial charge on any atom is -0.481 e. The Hall–Kier alpha value is -2.08. The molecule has 0 saturated carbocycles. The standard InChI is InChI=1S/C17H18N2O3S/c1-11-8-14(13-4-2-3-5-15(13)18-11)17(22)19-6-7-23-10-12(19)9-16(20)21/h2-5,8,12H,6-7,9-10H2,1H3,(H,20,21). The van der Waals surface area contributed by atoms with E-state index < -0.39 is 5.97 Å². The topological polar surface area (TPSA) is 70.5 Å². The van der Waals surface area contributed by atoms with Gasteiger partial charge in [-0.25, -0.2) is 0 Å². The predicted octanol–water partition coefficient (Wildman–Crippen LogP) is 2.58. The van der Waals surface area contributed by atoms with E-state index in [-0.39, 0.29) is 18.4 Å². The largest absolute Gasteiger partial charge is 0.481 e. The molecule has 1 saturated heterocycles. The molecule has 5 nitrogen and oxygen atoms in total. The molecular weight excluding hydrogens is 312 g/mol. The summed E-state index contributed by atoms with van der Waals surface area (Å²) in [4.78, 5) is 30.3. The maximum absolute atomic E-state index is 13.1. The van der Waals surface area contributed by atoms with Gasteiger partial charge in [-0.1, -0.05) is 18.2 Å². The van der Waals surface area contributed by atoms with E-state index in [4.69, 9.17) is 5.11 Å². The predicted molar refractivity (Wildman–Crippen MR) is 90.9 cm³/mol. The van der Waals surface area contributed by atoms with Crippen molar-refractivity contribution in [2.45, 2.75) is 19.4 Å². The van der Waals surface area contributed by atoms with Gasteiger partial charge in [-0.3, -0.25) is 14.6 Å². The van der Waals surface area contributed by atoms with Gasteiger partial charge in [0.15, 0.2) is 0 Å². The minimum absolute atomic E-state index is 0.0132. The van der Waals surface area contributed by atoms with Gasteiger partial charge in [0.1, 0.15) is 0 Å². The number of carboxylic acids is 1. The number of carbonyl (C=O) groups is 2. The summed E-state index contributed by atoms with van der Waals surface area (Å²) in [6.07, 6.45) is -0.0132. The summed E-state index contributed by atoms with van der Waals surface area (Å²) in [5, 5.41) is 9.91. The van der Waals surface area contributed by atoms with Gasteiger partial charge in [0.05, 0.1) is 23.5 Å². The maximum atomic E-state index is 13.1. The first-order chi connectivity index (χ1) is 11.1. The van der Waals surface area contributed by atoms with Gasteiger partial charge in [0.25, 0.3) is 5.91 Å². The number of hydrogen-bond acceptors (Lipinski definition) is 4. The second-order valence-electron chi connectivity index (χ2n) is 5.65. The Labute approximate surface area is 138 Å². The van der Waals surface area contributed by atoms with Gasteiger partial charge < -0.3 is 10.0 Å². The number of benzene rings is 1. The van der Waals surface area contributed by atoms with Crippen LogP contribution in [0, 0.1) is 6.92 Å². The summed E-state index contributed by atoms with van der Waals surface area (Å²) in [6, 6.07) is 9.10. The number of thioether (sulfide) groups is 1. The van der Waals surface area contributed by atoms with Crippen molar-refractivity contribution >= 4 is 34.5 Å². The van der Waals surface area contributed by atoms with Gasteiger partial charge in [0, 0.05) is 29.1 Å². The molecule has 2 aromatic rings. The zero-order chi connectivity index (χ0) is 16.4. The molecule has 1 atom stereocenters. The van der Waals surface area contributed by atoms with Crippen molar-refractivity contribution in [3.63, 3.8) is 0 Å². The Bertz CT molecular complexity index is 763. The number of amides is 1. The maximum Gasteiger partial charge on any atom is 0.305 e. The fourth-order valence-corrected chi connectivity index (χ4v) is 3.99. The fraction of sp³-hybridized carbons (Fsp3) is 0.353. The number of nitrogens with zero attached hydrogens (tertiary/aromatic N) is 2. The van der Waals surface area contributed by atoms with E-state index in [1.165, 1.54) is 0 Å². The number of fused-ring (bicyclic) bond motifs is 1. The van der Waals surface area contributed by atoms with Crippen LogP contribution >= 0.6 is 11.8 Å². The Morgan fingerprint density at radius 1 is 1.39 bits per heavy atom. The Morgan fingerprint density at radius 3 is 2.96 bits per heavy atom. The van der Waals surface area contributed by atoms with Crippen LogP contribution in [0.25, 0.3) is 10.9 Å². The minimum atomic E-state index is -0.869. The van der Waals surface area contributed by atoms with Crippen LogP contribution in [0.4, 0.5) is 0 Å². The molecule has 0 spiro atoms. The monoisotopic (exact) mass is 330 g/mol. The molecule has 1 aromatic heterocycles. The summed E-state index contributed by atoms with van der Waals surface area (Å²) >= 11 is 1.70. The zero-order valence-corrected chi connectivity index (χ0v) is 13.7. The first kappa shape index (κ1) is 15.8. The average Bonchev–Trinajstić information content (AvgIpc) is 2.53. The number of carboxylic acid groups (broad SMARTS) is 1. The highest BCUT2D eigenvalue weighted by Gasteiger charge is 2.30. The summed E-state index contributed by atoms with van der Waals surface area (Å²) in [5.41, 5.74) is 2.18. The Morgan fingerprint density at radius 2 is 2.17 bits per heavy atom. The quantitative estimate of drug-likeness (QED) is 0.936. The molecule has 1 fully saturated rings. The Balaban J connectivity index is 2.00. The third-order valence-electron chi connectivity index (χ3n) is 3.97. The van der Waals surface area contributed by atoms with Crippen LogP contribution in [0.15, 0.2) is 30.3 Å². The normalized spacial score (nSPS) is 18.1. The molecule has 1 aromatic carbocycles. The summed E-state index contributed by atoms with van der Waals surface area (Å²) in [7, 11) is 0. The number of carbonyl (C=O) groups excluding carboxylic acids is 1. The highest BCUT2D eigenvalue weighted by atomic mass is 32.2. The fourth-order valence-electron chi connectivity index (χ4n) is 2.93. The van der Waals surface area contributed by atoms with Crippen LogP contribution in [-0.4, -0.2) is 51.0 Å². The molecule has 6 heteroatoms. The molecule has 1 unspecified atom stereocenters. The third kappa shape index (κ3) is 3.32. The molecule has 120 valence electrons. The molecule has 0 bridgehead atoms. The lowest BCUT2D eigenvalue weighted by molar-refractivity contribution is -0.138. The van der Waals surface area contributed by atoms with Crippen LogP contribution < -0.4 is 0 Å². The van der Waals surface area contributed by atoms with Crippen LogP contribution in [0.3, 0.4) is 0 Å². The Kier molecular flexibility index (Phi) is 4.52. The summed E-state index contributed by atoms with van der Waals surface area (Å²) in [5.74, 6) is 0.536. The van der Waals surface area contributed by atoms with Gasteiger partial charge in [0.2, 0.25) is 0 Å². The molecule has 1 aliphatic rings. The van der Waals surface area contributed by atoms with E-state index in [0.717, 1.165) is 22.3 Å². The van der Waals surface area contributed by atoms with Crippen LogP contribution in [0.1, 0.15) is 22.5 Å². The summed E-state index contributed by atoms with van der Waals surface area (Å²) < 4.78 is 0. The summed E-state index contributed by atoms with van der Waals surface area (Å²) in [6.45, 7) is 2.45. The second-order valence-corrected chi connectivity index (χ2v) is 6.80. The van der Waals surface area contributed by atoms with Crippen molar-refractivity contribution in [1.29, 1.82) is 0 Å². The number of aryl methyl sites for hydroxylation is 1. The van der Waals surface area contributed by atoms with E-state index >= 15 is 0 Å². The van der Waals surface area contributed by atoms with Gasteiger partial charge in [-0.2, -0.15) is 11.8 Å². The highest BCUT2D eigenvalue weighted by Crippen LogP contribution is 2.25. The number of aliphatic carboxylic acids is 1. The second kappa shape index (κ2) is 6.58. The highest BCUT2D eigenvalue weighted by molar-refractivity contribution is 7.99. The van der Waals surface area contributed by atoms with E-state index in [1.54, 1.807) is 22.7 Å². The van der Waals surface area contributed by atoms with Crippen LogP contribution in [-0.2, 0) is 4.79 Å². The molecule has 3 rings (SSSR count). The van der Waals surface area contributed by atoms with E-state index in [2.05, 4.69) is 4.98 Å². The van der Waals surface area contributed by atoms with Crippen molar-refractivity contribution in [1.82, 2.24) is 9.88 Å². The van der Waals surface area contributed by atoms with Gasteiger partial charge in [-0.15, -0.1) is 0 Å². The van der Waals surface area contributed by atoms with Crippen LogP contribution in [0.2, 0.25) is 0 Å². The lowest BCUT2D eigenvalue weighted by atomic mass is 10.0. The van der Waals surface area contributed by atoms with Crippen LogP contribution in [0.5, 0.6) is 0 Å². The average molecular weight is 330 g/mol. The number of rotatable bonds is 3. The molecule has 23 heavy (non-hydrogen) atoms. The SMILES string of the molecule is Cc1cc(C(=O)N2CCSCC2CC(=O)O)c2ccccc2n1. The van der Waals surface area contributed by atoms with Gasteiger partial charge in [-0.05, 0) is 19.1 Å². The third-order valence-corrected chi connectivity index (χ3v) is 5.07. The molecule has 2 heterocycles. The van der Waals surface area contributed by atoms with Crippen molar-refractivity contribution < 1.29 is 14.7 Å². The first-order valence-electron chi connectivity index (χ1n) is 7.53. The van der Waals surface area contributed by atoms with Crippen molar-refractivity contribution in [2.24, 2.45) is 0 Å². The van der Waals surface area contributed by atoms with E-state index in [1.807, 2.05) is 31.2 Å². The molecular formula is C17H18N2O3S.